The summed E-state index contributed by atoms with van der Waals surface area (Å²) in [5.41, 5.74) is 0. The van der Waals surface area contributed by atoms with Crippen molar-refractivity contribution in [3.05, 3.63) is 23.7 Å². The van der Waals surface area contributed by atoms with Gasteiger partial charge in [-0.3, -0.25) is 0 Å². The number of hydrogen-bond acceptors (Lipinski definition) is 2. The molecule has 0 aliphatic carbocycles. The fraction of sp³-hybridized carbons (Fsp3) is 0.556. The minimum absolute atomic E-state index is 0.286. The van der Waals surface area contributed by atoms with E-state index >= 15 is 0 Å². The van der Waals surface area contributed by atoms with Gasteiger partial charge in [0.05, 0.1) is 4.75 Å². The van der Waals surface area contributed by atoms with Crippen LogP contribution in [0, 0.1) is 6.92 Å². The zero-order chi connectivity index (χ0) is 7.90. The van der Waals surface area contributed by atoms with Crippen molar-refractivity contribution in [1.82, 2.24) is 0 Å². The van der Waals surface area contributed by atoms with Gasteiger partial charge in [-0.25, -0.2) is 0 Å². The second kappa shape index (κ2) is 2.31. The van der Waals surface area contributed by atoms with Crippen LogP contribution in [0.1, 0.15) is 24.9 Å². The van der Waals surface area contributed by atoms with Gasteiger partial charge in [0, 0.05) is 0 Å². The highest BCUT2D eigenvalue weighted by molar-refractivity contribution is 8.01. The lowest BCUT2D eigenvalue weighted by Crippen LogP contribution is -2.27. The molecule has 0 saturated carbocycles. The van der Waals surface area contributed by atoms with Crippen LogP contribution in [0.4, 0.5) is 0 Å². The molecule has 0 aromatic carbocycles. The van der Waals surface area contributed by atoms with Crippen molar-refractivity contribution in [2.24, 2.45) is 0 Å². The number of thioether (sulfide) groups is 1. The third-order valence-electron chi connectivity index (χ3n) is 2.26. The molecule has 1 aromatic heterocycles. The minimum Gasteiger partial charge on any atom is -0.465 e. The Hall–Kier alpha value is -0.370. The van der Waals surface area contributed by atoms with E-state index in [1.165, 1.54) is 12.2 Å². The summed E-state index contributed by atoms with van der Waals surface area (Å²) in [7, 11) is 0. The van der Waals surface area contributed by atoms with E-state index in [9.17, 15) is 0 Å². The Morgan fingerprint density at radius 3 is 2.64 bits per heavy atom. The van der Waals surface area contributed by atoms with E-state index in [1.54, 1.807) is 0 Å². The number of aryl methyl sites for hydroxylation is 1. The van der Waals surface area contributed by atoms with Crippen LogP contribution in [-0.4, -0.2) is 5.75 Å². The van der Waals surface area contributed by atoms with Gasteiger partial charge in [0.25, 0.3) is 0 Å². The summed E-state index contributed by atoms with van der Waals surface area (Å²) in [5.74, 6) is 3.44. The summed E-state index contributed by atoms with van der Waals surface area (Å²) in [4.78, 5) is 0. The Bertz CT molecular complexity index is 260. The van der Waals surface area contributed by atoms with E-state index in [4.69, 9.17) is 4.42 Å². The van der Waals surface area contributed by atoms with Crippen molar-refractivity contribution < 1.29 is 4.42 Å². The lowest BCUT2D eigenvalue weighted by molar-refractivity contribution is 0.418. The van der Waals surface area contributed by atoms with Crippen LogP contribution in [-0.2, 0) is 4.75 Å². The lowest BCUT2D eigenvalue weighted by Gasteiger charge is -2.35. The fourth-order valence-electron chi connectivity index (χ4n) is 1.32. The third-order valence-corrected chi connectivity index (χ3v) is 3.71. The molecule has 0 amide bonds. The van der Waals surface area contributed by atoms with E-state index in [0.717, 1.165) is 11.5 Å². The van der Waals surface area contributed by atoms with Crippen molar-refractivity contribution in [3.63, 3.8) is 0 Å². The highest BCUT2D eigenvalue weighted by atomic mass is 32.2. The van der Waals surface area contributed by atoms with Gasteiger partial charge in [0.1, 0.15) is 11.5 Å². The Labute approximate surface area is 71.2 Å². The van der Waals surface area contributed by atoms with Gasteiger partial charge in [-0.2, -0.15) is 0 Å². The van der Waals surface area contributed by atoms with Gasteiger partial charge in [0.2, 0.25) is 0 Å². The normalized spacial score (nSPS) is 30.0. The molecular formula is C9H12OS. The molecule has 2 rings (SSSR count). The summed E-state index contributed by atoms with van der Waals surface area (Å²) < 4.78 is 5.86. The Balaban J connectivity index is 2.28. The molecule has 2 heterocycles. The molecule has 1 saturated heterocycles. The van der Waals surface area contributed by atoms with Gasteiger partial charge in [0.15, 0.2) is 0 Å². The zero-order valence-corrected chi connectivity index (χ0v) is 7.70. The van der Waals surface area contributed by atoms with Crippen molar-refractivity contribution in [2.45, 2.75) is 25.0 Å². The first-order chi connectivity index (χ1) is 5.21. The molecule has 0 radical (unpaired) electrons. The number of hydrogen-bond donors (Lipinski definition) is 0. The minimum atomic E-state index is 0.286. The zero-order valence-electron chi connectivity index (χ0n) is 6.89. The lowest BCUT2D eigenvalue weighted by atomic mass is 10.0. The summed E-state index contributed by atoms with van der Waals surface area (Å²) >= 11 is 1.98. The molecule has 0 spiro atoms. The molecule has 60 valence electrons. The van der Waals surface area contributed by atoms with Crippen LogP contribution >= 0.6 is 11.8 Å². The van der Waals surface area contributed by atoms with E-state index in [2.05, 4.69) is 13.0 Å². The SMILES string of the molecule is Cc1ccc(C2(C)CCS2)o1. The first-order valence-corrected chi connectivity index (χ1v) is 4.90. The first-order valence-electron chi connectivity index (χ1n) is 3.92. The van der Waals surface area contributed by atoms with Crippen molar-refractivity contribution in [2.75, 3.05) is 5.75 Å². The molecule has 1 nitrogen and oxygen atoms in total. The molecule has 1 aliphatic rings. The maximum Gasteiger partial charge on any atom is 0.119 e. The molecule has 1 unspecified atom stereocenters. The van der Waals surface area contributed by atoms with Gasteiger partial charge < -0.3 is 4.42 Å². The second-order valence-electron chi connectivity index (χ2n) is 3.24. The topological polar surface area (TPSA) is 13.1 Å². The molecule has 2 heteroatoms. The van der Waals surface area contributed by atoms with Gasteiger partial charge in [-0.05, 0) is 38.2 Å². The predicted molar refractivity (Wildman–Crippen MR) is 47.9 cm³/mol. The largest absolute Gasteiger partial charge is 0.465 e. The van der Waals surface area contributed by atoms with Gasteiger partial charge in [-0.1, -0.05) is 0 Å². The van der Waals surface area contributed by atoms with E-state index in [0.29, 0.717) is 0 Å². The molecule has 11 heavy (non-hydrogen) atoms. The number of furan rings is 1. The van der Waals surface area contributed by atoms with Crippen molar-refractivity contribution in [3.8, 4) is 0 Å². The van der Waals surface area contributed by atoms with Crippen LogP contribution < -0.4 is 0 Å². The molecule has 1 atom stereocenters. The molecule has 1 aromatic rings. The maximum atomic E-state index is 5.57. The molecule has 0 bridgehead atoms. The molecule has 1 aliphatic heterocycles. The fourth-order valence-corrected chi connectivity index (χ4v) is 2.39. The third kappa shape index (κ3) is 1.09. The van der Waals surface area contributed by atoms with Crippen molar-refractivity contribution in [1.29, 1.82) is 0 Å². The predicted octanol–water partition coefficient (Wildman–Crippen LogP) is 2.94. The summed E-state index contributed by atoms with van der Waals surface area (Å²) in [6.45, 7) is 4.25. The van der Waals surface area contributed by atoms with Crippen LogP contribution in [0.2, 0.25) is 0 Å². The number of rotatable bonds is 1. The quantitative estimate of drug-likeness (QED) is 0.639. The summed E-state index contributed by atoms with van der Waals surface area (Å²) in [6, 6.07) is 4.14. The standard InChI is InChI=1S/C9H12OS/c1-7-3-4-8(10-7)9(2)5-6-11-9/h3-4H,5-6H2,1-2H3. The Morgan fingerprint density at radius 2 is 2.27 bits per heavy atom. The van der Waals surface area contributed by atoms with E-state index in [1.807, 2.05) is 24.8 Å². The van der Waals surface area contributed by atoms with E-state index in [-0.39, 0.29) is 4.75 Å². The maximum absolute atomic E-state index is 5.57. The first kappa shape index (κ1) is 7.29. The second-order valence-corrected chi connectivity index (χ2v) is 4.84. The highest BCUT2D eigenvalue weighted by Gasteiger charge is 2.37. The Kier molecular flexibility index (Phi) is 1.53. The van der Waals surface area contributed by atoms with Gasteiger partial charge in [-0.15, -0.1) is 11.8 Å². The summed E-state index contributed by atoms with van der Waals surface area (Å²) in [5, 5.41) is 0. The van der Waals surface area contributed by atoms with Crippen LogP contribution in [0.5, 0.6) is 0 Å². The smallest absolute Gasteiger partial charge is 0.119 e. The molecule has 1 fully saturated rings. The summed E-state index contributed by atoms with van der Waals surface area (Å²) in [6.07, 6.45) is 1.25. The highest BCUT2D eigenvalue weighted by Crippen LogP contribution is 2.49. The molecular weight excluding hydrogens is 156 g/mol. The monoisotopic (exact) mass is 168 g/mol. The average molecular weight is 168 g/mol. The van der Waals surface area contributed by atoms with Crippen molar-refractivity contribution >= 4 is 11.8 Å². The van der Waals surface area contributed by atoms with Crippen LogP contribution in [0.25, 0.3) is 0 Å². The van der Waals surface area contributed by atoms with Gasteiger partial charge >= 0.3 is 0 Å². The van der Waals surface area contributed by atoms with Crippen LogP contribution in [0.15, 0.2) is 16.5 Å². The Morgan fingerprint density at radius 1 is 1.55 bits per heavy atom. The average Bonchev–Trinajstić information content (AvgIpc) is 2.31. The van der Waals surface area contributed by atoms with Crippen LogP contribution in [0.3, 0.4) is 0 Å². The van der Waals surface area contributed by atoms with E-state index < -0.39 is 0 Å². The molecule has 0 N–H and O–H groups in total.